The van der Waals surface area contributed by atoms with Crippen molar-refractivity contribution in [1.29, 1.82) is 0 Å². The molecule has 0 spiro atoms. The lowest BCUT2D eigenvalue weighted by Crippen LogP contribution is -2.39. The molecule has 0 aliphatic carbocycles. The molecule has 0 N–H and O–H groups in total. The number of hydrogen-bond acceptors (Lipinski definition) is 2. The topological polar surface area (TPSA) is 16.1 Å². The zero-order chi connectivity index (χ0) is 13.8. The maximum Gasteiger partial charge on any atom is 0.0705 e. The predicted molar refractivity (Wildman–Crippen MR) is 85.1 cm³/mol. The monoisotopic (exact) mass is 288 g/mol. The van der Waals surface area contributed by atoms with Crippen LogP contribution >= 0.6 is 11.6 Å². The van der Waals surface area contributed by atoms with Crippen LogP contribution in [0.2, 0.25) is 0 Å². The van der Waals surface area contributed by atoms with Crippen molar-refractivity contribution < 1.29 is 0 Å². The van der Waals surface area contributed by atoms with Gasteiger partial charge in [0.05, 0.1) is 11.2 Å². The summed E-state index contributed by atoms with van der Waals surface area (Å²) in [7, 11) is 0. The number of piperidine rings is 1. The lowest BCUT2D eigenvalue weighted by atomic mass is 9.99. The smallest absolute Gasteiger partial charge is 0.0705 e. The molecule has 3 heteroatoms. The summed E-state index contributed by atoms with van der Waals surface area (Å²) in [6.07, 6.45) is 5.00. The molecule has 0 bridgehead atoms. The largest absolute Gasteiger partial charge is 0.295 e. The highest BCUT2D eigenvalue weighted by Gasteiger charge is 2.22. The summed E-state index contributed by atoms with van der Waals surface area (Å²) in [6, 6.07) is 13.3. The average molecular weight is 289 g/mol. The molecule has 0 radical (unpaired) electrons. The minimum absolute atomic E-state index is 0.634. The van der Waals surface area contributed by atoms with Gasteiger partial charge in [-0.2, -0.15) is 0 Å². The number of rotatable bonds is 4. The van der Waals surface area contributed by atoms with E-state index >= 15 is 0 Å². The molecular formula is C17H21ClN2. The zero-order valence-corrected chi connectivity index (χ0v) is 12.5. The highest BCUT2D eigenvalue weighted by atomic mass is 35.5. The van der Waals surface area contributed by atoms with Gasteiger partial charge in [0.2, 0.25) is 0 Å². The molecule has 3 rings (SSSR count). The Morgan fingerprint density at radius 2 is 2.05 bits per heavy atom. The number of fused-ring (bicyclic) bond motifs is 1. The van der Waals surface area contributed by atoms with Crippen LogP contribution in [0.3, 0.4) is 0 Å². The summed E-state index contributed by atoms with van der Waals surface area (Å²) in [6.45, 7) is 2.13. The minimum Gasteiger partial charge on any atom is -0.295 e. The summed E-state index contributed by atoms with van der Waals surface area (Å²) < 4.78 is 0. The maximum atomic E-state index is 5.94. The van der Waals surface area contributed by atoms with E-state index in [1.807, 2.05) is 0 Å². The first-order chi connectivity index (χ1) is 9.86. The Kier molecular flexibility index (Phi) is 4.54. The predicted octanol–water partition coefficient (Wildman–Crippen LogP) is 4.22. The Morgan fingerprint density at radius 1 is 1.15 bits per heavy atom. The van der Waals surface area contributed by atoms with Crippen molar-refractivity contribution in [3.63, 3.8) is 0 Å². The van der Waals surface area contributed by atoms with Crippen molar-refractivity contribution in [2.45, 2.75) is 38.3 Å². The van der Waals surface area contributed by atoms with Crippen molar-refractivity contribution >= 4 is 22.5 Å². The molecule has 1 aliphatic rings. The van der Waals surface area contributed by atoms with Crippen LogP contribution in [0.5, 0.6) is 0 Å². The Morgan fingerprint density at radius 3 is 2.95 bits per heavy atom. The number of aromatic nitrogens is 1. The average Bonchev–Trinajstić information content (AvgIpc) is 2.49. The molecule has 1 fully saturated rings. The normalized spacial score (nSPS) is 20.4. The quantitative estimate of drug-likeness (QED) is 0.783. The van der Waals surface area contributed by atoms with Gasteiger partial charge in [-0.15, -0.1) is 11.6 Å². The second-order valence-corrected chi connectivity index (χ2v) is 5.97. The fourth-order valence-electron chi connectivity index (χ4n) is 3.13. The summed E-state index contributed by atoms with van der Waals surface area (Å²) in [5, 5.41) is 1.22. The first kappa shape index (κ1) is 13.8. The van der Waals surface area contributed by atoms with Gasteiger partial charge in [0.15, 0.2) is 0 Å². The molecule has 0 amide bonds. The van der Waals surface area contributed by atoms with Gasteiger partial charge in [0, 0.05) is 23.9 Å². The fraction of sp³-hybridized carbons (Fsp3) is 0.471. The highest BCUT2D eigenvalue weighted by molar-refractivity contribution is 6.17. The second-order valence-electron chi connectivity index (χ2n) is 5.59. The fourth-order valence-corrected chi connectivity index (χ4v) is 3.38. The number of para-hydroxylation sites is 1. The van der Waals surface area contributed by atoms with Gasteiger partial charge >= 0.3 is 0 Å². The number of nitrogens with zero attached hydrogens (tertiary/aromatic N) is 2. The standard InChI is InChI=1S/C17H21ClN2/c18-11-10-16-6-3-4-12-20(16)13-15-9-8-14-5-1-2-7-17(14)19-15/h1-2,5,7-9,16H,3-4,6,10-13H2. The highest BCUT2D eigenvalue weighted by Crippen LogP contribution is 2.22. The Hall–Kier alpha value is -1.12. The van der Waals surface area contributed by atoms with E-state index < -0.39 is 0 Å². The van der Waals surface area contributed by atoms with E-state index in [9.17, 15) is 0 Å². The molecule has 20 heavy (non-hydrogen) atoms. The SMILES string of the molecule is ClCCC1CCCCN1Cc1ccc2ccccc2n1. The molecule has 2 aromatic rings. The van der Waals surface area contributed by atoms with Crippen LogP contribution < -0.4 is 0 Å². The van der Waals surface area contributed by atoms with E-state index in [4.69, 9.17) is 16.6 Å². The lowest BCUT2D eigenvalue weighted by molar-refractivity contribution is 0.135. The van der Waals surface area contributed by atoms with Crippen molar-refractivity contribution in [2.24, 2.45) is 0 Å². The summed E-state index contributed by atoms with van der Waals surface area (Å²) in [5.74, 6) is 0.756. The molecule has 1 saturated heterocycles. The van der Waals surface area contributed by atoms with E-state index in [1.54, 1.807) is 0 Å². The number of benzene rings is 1. The van der Waals surface area contributed by atoms with Crippen molar-refractivity contribution in [3.05, 3.63) is 42.1 Å². The van der Waals surface area contributed by atoms with Gasteiger partial charge in [-0.25, -0.2) is 0 Å². The lowest BCUT2D eigenvalue weighted by Gasteiger charge is -2.35. The van der Waals surface area contributed by atoms with Gasteiger partial charge in [-0.05, 0) is 37.9 Å². The Balaban J connectivity index is 1.77. The van der Waals surface area contributed by atoms with Crippen LogP contribution in [-0.4, -0.2) is 28.4 Å². The number of likely N-dealkylation sites (tertiary alicyclic amines) is 1. The minimum atomic E-state index is 0.634. The molecule has 2 heterocycles. The molecule has 1 atom stereocenters. The molecule has 1 aliphatic heterocycles. The molecule has 1 aromatic heterocycles. The van der Waals surface area contributed by atoms with Crippen LogP contribution in [0.15, 0.2) is 36.4 Å². The van der Waals surface area contributed by atoms with Gasteiger partial charge < -0.3 is 0 Å². The van der Waals surface area contributed by atoms with E-state index in [2.05, 4.69) is 41.3 Å². The Labute approximate surface area is 125 Å². The third kappa shape index (κ3) is 3.13. The van der Waals surface area contributed by atoms with Crippen LogP contribution in [-0.2, 0) is 6.54 Å². The number of alkyl halides is 1. The molecule has 106 valence electrons. The van der Waals surface area contributed by atoms with Gasteiger partial charge in [-0.1, -0.05) is 30.7 Å². The summed E-state index contributed by atoms with van der Waals surface area (Å²) in [5.41, 5.74) is 2.26. The number of hydrogen-bond donors (Lipinski definition) is 0. The third-order valence-corrected chi connectivity index (χ3v) is 4.43. The van der Waals surface area contributed by atoms with E-state index in [0.717, 1.165) is 24.4 Å². The molecule has 1 unspecified atom stereocenters. The summed E-state index contributed by atoms with van der Waals surface area (Å²) >= 11 is 5.94. The van der Waals surface area contributed by atoms with Gasteiger partial charge in [-0.3, -0.25) is 9.88 Å². The van der Waals surface area contributed by atoms with Crippen LogP contribution in [0.4, 0.5) is 0 Å². The van der Waals surface area contributed by atoms with Crippen molar-refractivity contribution in [3.8, 4) is 0 Å². The van der Waals surface area contributed by atoms with E-state index in [-0.39, 0.29) is 0 Å². The Bertz CT molecular complexity index is 568. The van der Waals surface area contributed by atoms with E-state index in [0.29, 0.717) is 6.04 Å². The van der Waals surface area contributed by atoms with Gasteiger partial charge in [0.1, 0.15) is 0 Å². The van der Waals surface area contributed by atoms with Crippen molar-refractivity contribution in [2.75, 3.05) is 12.4 Å². The van der Waals surface area contributed by atoms with Crippen LogP contribution in [0.25, 0.3) is 10.9 Å². The van der Waals surface area contributed by atoms with Crippen LogP contribution in [0, 0.1) is 0 Å². The van der Waals surface area contributed by atoms with Crippen LogP contribution in [0.1, 0.15) is 31.4 Å². The molecular weight excluding hydrogens is 268 g/mol. The van der Waals surface area contributed by atoms with Gasteiger partial charge in [0.25, 0.3) is 0 Å². The zero-order valence-electron chi connectivity index (χ0n) is 11.8. The van der Waals surface area contributed by atoms with E-state index in [1.165, 1.54) is 36.9 Å². The first-order valence-electron chi connectivity index (χ1n) is 7.51. The molecule has 2 nitrogen and oxygen atoms in total. The van der Waals surface area contributed by atoms with Crippen molar-refractivity contribution in [1.82, 2.24) is 9.88 Å². The number of pyridine rings is 1. The molecule has 1 aromatic carbocycles. The first-order valence-corrected chi connectivity index (χ1v) is 8.05. The number of halogens is 1. The third-order valence-electron chi connectivity index (χ3n) is 4.21. The molecule has 0 saturated carbocycles. The second kappa shape index (κ2) is 6.55. The summed E-state index contributed by atoms with van der Waals surface area (Å²) in [4.78, 5) is 7.35. The maximum absolute atomic E-state index is 5.94.